The van der Waals surface area contributed by atoms with Gasteiger partial charge in [0.25, 0.3) is 0 Å². The lowest BCUT2D eigenvalue weighted by Crippen LogP contribution is -2.30. The van der Waals surface area contributed by atoms with Crippen molar-refractivity contribution in [2.45, 2.75) is 13.1 Å². The predicted molar refractivity (Wildman–Crippen MR) is 69.5 cm³/mol. The van der Waals surface area contributed by atoms with Gasteiger partial charge in [-0.3, -0.25) is 9.88 Å². The minimum Gasteiger partial charge on any atom is -0.325 e. The first-order valence-corrected chi connectivity index (χ1v) is 6.39. The average molecular weight is 293 g/mol. The third-order valence-corrected chi connectivity index (χ3v) is 3.72. The number of halogens is 1. The molecule has 3 rings (SSSR count). The molecule has 0 aliphatic carbocycles. The molecule has 0 fully saturated rings. The third kappa shape index (κ3) is 1.89. The Hall–Kier alpha value is -1.20. The largest absolute Gasteiger partial charge is 0.325 e. The molecule has 0 atom stereocenters. The van der Waals surface area contributed by atoms with Gasteiger partial charge in [0.15, 0.2) is 0 Å². The quantitative estimate of drug-likeness (QED) is 0.808. The maximum Gasteiger partial charge on any atom is 0.141 e. The summed E-state index contributed by atoms with van der Waals surface area (Å²) in [7, 11) is 2.13. The molecule has 0 radical (unpaired) electrons. The van der Waals surface area contributed by atoms with Crippen molar-refractivity contribution in [3.05, 3.63) is 34.8 Å². The van der Waals surface area contributed by atoms with Crippen LogP contribution in [0.25, 0.3) is 11.4 Å². The first kappa shape index (κ1) is 10.9. The van der Waals surface area contributed by atoms with Crippen LogP contribution in [0, 0.1) is 0 Å². The molecule has 0 amide bonds. The lowest BCUT2D eigenvalue weighted by molar-refractivity contribution is 0.270. The Morgan fingerprint density at radius 1 is 1.24 bits per heavy atom. The van der Waals surface area contributed by atoms with Crippen LogP contribution in [0.1, 0.15) is 5.69 Å². The van der Waals surface area contributed by atoms with Gasteiger partial charge in [0.05, 0.1) is 5.69 Å². The highest BCUT2D eigenvalue weighted by atomic mass is 79.9. The van der Waals surface area contributed by atoms with Crippen molar-refractivity contribution < 1.29 is 0 Å². The van der Waals surface area contributed by atoms with Gasteiger partial charge in [-0.1, -0.05) is 0 Å². The van der Waals surface area contributed by atoms with Crippen LogP contribution in [0.4, 0.5) is 0 Å². The number of rotatable bonds is 1. The Morgan fingerprint density at radius 2 is 2.00 bits per heavy atom. The minimum atomic E-state index is 0.943. The van der Waals surface area contributed by atoms with Gasteiger partial charge in [0.2, 0.25) is 0 Å². The summed E-state index contributed by atoms with van der Waals surface area (Å²) < 4.78 is 3.25. The fourth-order valence-corrected chi connectivity index (χ4v) is 2.68. The Morgan fingerprint density at radius 3 is 2.76 bits per heavy atom. The van der Waals surface area contributed by atoms with E-state index in [4.69, 9.17) is 0 Å². The van der Waals surface area contributed by atoms with E-state index in [1.54, 1.807) is 12.4 Å². The lowest BCUT2D eigenvalue weighted by atomic mass is 10.2. The van der Waals surface area contributed by atoms with E-state index in [1.165, 1.54) is 5.69 Å². The molecule has 2 aromatic rings. The topological polar surface area (TPSA) is 34.0 Å². The minimum absolute atomic E-state index is 0.943. The summed E-state index contributed by atoms with van der Waals surface area (Å²) in [6.45, 7) is 2.99. The summed E-state index contributed by atoms with van der Waals surface area (Å²) in [5, 5.41) is 0. The molecular weight excluding hydrogens is 280 g/mol. The average Bonchev–Trinajstić information content (AvgIpc) is 2.68. The van der Waals surface area contributed by atoms with Crippen LogP contribution in [-0.2, 0) is 13.1 Å². The molecule has 0 bridgehead atoms. The Balaban J connectivity index is 2.11. The molecule has 0 saturated carbocycles. The van der Waals surface area contributed by atoms with Gasteiger partial charge in [0, 0.05) is 37.6 Å². The number of likely N-dealkylation sites (N-methyl/N-ethyl adjacent to an activating group) is 1. The van der Waals surface area contributed by atoms with Crippen molar-refractivity contribution in [3.8, 4) is 11.4 Å². The zero-order valence-electron chi connectivity index (χ0n) is 9.60. The highest BCUT2D eigenvalue weighted by Crippen LogP contribution is 2.28. The van der Waals surface area contributed by atoms with E-state index in [1.807, 2.05) is 12.1 Å². The SMILES string of the molecule is CN1CCn2c(-c3ccncc3)nc(Br)c2C1. The van der Waals surface area contributed by atoms with Gasteiger partial charge in [-0.05, 0) is 35.1 Å². The van der Waals surface area contributed by atoms with Gasteiger partial charge in [-0.2, -0.15) is 0 Å². The molecule has 88 valence electrons. The molecule has 0 aromatic carbocycles. The van der Waals surface area contributed by atoms with E-state index >= 15 is 0 Å². The first-order valence-electron chi connectivity index (χ1n) is 5.59. The number of pyridine rings is 1. The fourth-order valence-electron chi connectivity index (χ4n) is 2.18. The Labute approximate surface area is 108 Å². The van der Waals surface area contributed by atoms with Crippen LogP contribution in [0.3, 0.4) is 0 Å². The van der Waals surface area contributed by atoms with Crippen molar-refractivity contribution >= 4 is 15.9 Å². The van der Waals surface area contributed by atoms with E-state index in [9.17, 15) is 0 Å². The molecule has 17 heavy (non-hydrogen) atoms. The Bertz CT molecular complexity index is 535. The highest BCUT2D eigenvalue weighted by Gasteiger charge is 2.21. The molecule has 0 spiro atoms. The molecular formula is C12H13BrN4. The summed E-state index contributed by atoms with van der Waals surface area (Å²) >= 11 is 3.55. The molecule has 0 saturated heterocycles. The predicted octanol–water partition coefficient (Wildman–Crippen LogP) is 2.15. The third-order valence-electron chi connectivity index (χ3n) is 3.09. The van der Waals surface area contributed by atoms with Gasteiger partial charge >= 0.3 is 0 Å². The Kier molecular flexibility index (Phi) is 2.72. The van der Waals surface area contributed by atoms with E-state index in [-0.39, 0.29) is 0 Å². The summed E-state index contributed by atoms with van der Waals surface area (Å²) in [4.78, 5) is 11.0. The monoisotopic (exact) mass is 292 g/mol. The fraction of sp³-hybridized carbons (Fsp3) is 0.333. The molecule has 4 nitrogen and oxygen atoms in total. The standard InChI is InChI=1S/C12H13BrN4/c1-16-6-7-17-10(8-16)11(13)15-12(17)9-2-4-14-5-3-9/h2-5H,6-8H2,1H3. The second-order valence-electron chi connectivity index (χ2n) is 4.30. The molecule has 1 aliphatic rings. The second kappa shape index (κ2) is 4.23. The van der Waals surface area contributed by atoms with Crippen molar-refractivity contribution in [1.82, 2.24) is 19.4 Å². The first-order chi connectivity index (χ1) is 8.25. The van der Waals surface area contributed by atoms with Crippen molar-refractivity contribution in [1.29, 1.82) is 0 Å². The van der Waals surface area contributed by atoms with Crippen LogP contribution in [0.15, 0.2) is 29.1 Å². The highest BCUT2D eigenvalue weighted by molar-refractivity contribution is 9.10. The number of nitrogens with zero attached hydrogens (tertiary/aromatic N) is 4. The summed E-state index contributed by atoms with van der Waals surface area (Å²) in [6, 6.07) is 4.00. The number of fused-ring (bicyclic) bond motifs is 1. The smallest absolute Gasteiger partial charge is 0.141 e. The van der Waals surface area contributed by atoms with Crippen LogP contribution in [0.5, 0.6) is 0 Å². The second-order valence-corrected chi connectivity index (χ2v) is 5.05. The van der Waals surface area contributed by atoms with Crippen LogP contribution < -0.4 is 0 Å². The number of imidazole rings is 1. The van der Waals surface area contributed by atoms with Gasteiger partial charge < -0.3 is 4.57 Å². The number of hydrogen-bond donors (Lipinski definition) is 0. The molecule has 3 heterocycles. The van der Waals surface area contributed by atoms with Crippen LogP contribution in [0.2, 0.25) is 0 Å². The van der Waals surface area contributed by atoms with Crippen LogP contribution in [-0.4, -0.2) is 33.0 Å². The molecule has 5 heteroatoms. The van der Waals surface area contributed by atoms with E-state index in [2.05, 4.69) is 42.4 Å². The lowest BCUT2D eigenvalue weighted by Gasteiger charge is -2.25. The molecule has 0 unspecified atom stereocenters. The van der Waals surface area contributed by atoms with Gasteiger partial charge in [-0.25, -0.2) is 4.98 Å². The summed E-state index contributed by atoms with van der Waals surface area (Å²) in [6.07, 6.45) is 3.61. The molecule has 2 aromatic heterocycles. The zero-order chi connectivity index (χ0) is 11.8. The van der Waals surface area contributed by atoms with Crippen molar-refractivity contribution in [2.75, 3.05) is 13.6 Å². The van der Waals surface area contributed by atoms with Crippen molar-refractivity contribution in [2.24, 2.45) is 0 Å². The number of aromatic nitrogens is 3. The normalized spacial score (nSPS) is 15.9. The van der Waals surface area contributed by atoms with Crippen LogP contribution >= 0.6 is 15.9 Å². The summed E-state index contributed by atoms with van der Waals surface area (Å²) in [5.74, 6) is 1.03. The molecule has 0 N–H and O–H groups in total. The van der Waals surface area contributed by atoms with E-state index < -0.39 is 0 Å². The summed E-state index contributed by atoms with van der Waals surface area (Å²) in [5.41, 5.74) is 2.38. The van der Waals surface area contributed by atoms with Gasteiger partial charge in [0.1, 0.15) is 10.4 Å². The maximum atomic E-state index is 4.62. The van der Waals surface area contributed by atoms with E-state index in [0.29, 0.717) is 0 Å². The maximum absolute atomic E-state index is 4.62. The van der Waals surface area contributed by atoms with Gasteiger partial charge in [-0.15, -0.1) is 0 Å². The zero-order valence-corrected chi connectivity index (χ0v) is 11.2. The van der Waals surface area contributed by atoms with Crippen molar-refractivity contribution in [3.63, 3.8) is 0 Å². The molecule has 1 aliphatic heterocycles. The number of hydrogen-bond acceptors (Lipinski definition) is 3. The van der Waals surface area contributed by atoms with E-state index in [0.717, 1.165) is 35.6 Å².